The number of rotatable bonds is 12. The number of hydrogen-bond acceptors (Lipinski definition) is 4. The van der Waals surface area contributed by atoms with E-state index in [1.54, 1.807) is 0 Å². The molecule has 0 heterocycles. The van der Waals surface area contributed by atoms with Crippen LogP contribution in [-0.4, -0.2) is 31.1 Å². The minimum Gasteiger partial charge on any atom is -0.434 e. The molecule has 0 aliphatic carbocycles. The number of aliphatic hydroxyl groups is 1. The number of carbonyl (C=O) groups is 1. The second-order valence-electron chi connectivity index (χ2n) is 5.12. The molecule has 1 N–H and O–H groups in total. The molecule has 114 valence electrons. The average molecular weight is 274 g/mol. The van der Waals surface area contributed by atoms with Crippen molar-refractivity contribution < 1.29 is 19.4 Å². The van der Waals surface area contributed by atoms with Gasteiger partial charge in [0.2, 0.25) is 0 Å². The van der Waals surface area contributed by atoms with Crippen LogP contribution in [0, 0.1) is 5.92 Å². The predicted octanol–water partition coefficient (Wildman–Crippen LogP) is 3.91. The van der Waals surface area contributed by atoms with Gasteiger partial charge in [0.25, 0.3) is 0 Å². The highest BCUT2D eigenvalue weighted by Gasteiger charge is 2.04. The van der Waals surface area contributed by atoms with Gasteiger partial charge in [-0.2, -0.15) is 0 Å². The van der Waals surface area contributed by atoms with Crippen molar-refractivity contribution in [3.63, 3.8) is 0 Å². The fraction of sp³-hybridized carbons (Fsp3) is 0.933. The van der Waals surface area contributed by atoms with Crippen molar-refractivity contribution in [3.8, 4) is 0 Å². The van der Waals surface area contributed by atoms with Gasteiger partial charge in [-0.25, -0.2) is 4.79 Å². The number of carbonyl (C=O) groups excluding carboxylic acids is 1. The Labute approximate surface area is 117 Å². The molecule has 0 spiro atoms. The lowest BCUT2D eigenvalue weighted by Gasteiger charge is -2.10. The first-order valence-electron chi connectivity index (χ1n) is 7.61. The average Bonchev–Trinajstić information content (AvgIpc) is 2.40. The van der Waals surface area contributed by atoms with E-state index in [0.29, 0.717) is 6.61 Å². The maximum Gasteiger partial charge on any atom is 0.508 e. The summed E-state index contributed by atoms with van der Waals surface area (Å²) in [6, 6.07) is 0. The summed E-state index contributed by atoms with van der Waals surface area (Å²) < 4.78 is 9.44. The molecule has 0 bridgehead atoms. The van der Waals surface area contributed by atoms with E-state index in [0.717, 1.165) is 18.8 Å². The molecule has 0 amide bonds. The fourth-order valence-electron chi connectivity index (χ4n) is 1.98. The highest BCUT2D eigenvalue weighted by atomic mass is 16.7. The van der Waals surface area contributed by atoms with Crippen molar-refractivity contribution >= 4 is 6.16 Å². The first-order valence-corrected chi connectivity index (χ1v) is 7.61. The van der Waals surface area contributed by atoms with Gasteiger partial charge in [0.15, 0.2) is 0 Å². The second-order valence-corrected chi connectivity index (χ2v) is 5.12. The second kappa shape index (κ2) is 13.7. The molecule has 0 aromatic carbocycles. The van der Waals surface area contributed by atoms with Crippen LogP contribution in [0.3, 0.4) is 0 Å². The Morgan fingerprint density at radius 1 is 1.00 bits per heavy atom. The summed E-state index contributed by atoms with van der Waals surface area (Å²) in [5.41, 5.74) is 0. The summed E-state index contributed by atoms with van der Waals surface area (Å²) in [6.07, 6.45) is 9.06. The number of aliphatic hydroxyl groups excluding tert-OH is 1. The topological polar surface area (TPSA) is 55.8 Å². The summed E-state index contributed by atoms with van der Waals surface area (Å²) in [4.78, 5) is 10.9. The van der Waals surface area contributed by atoms with Crippen molar-refractivity contribution in [1.29, 1.82) is 0 Å². The molecule has 4 heteroatoms. The third-order valence-electron chi connectivity index (χ3n) is 3.17. The first kappa shape index (κ1) is 18.2. The zero-order chi connectivity index (χ0) is 14.3. The normalized spacial score (nSPS) is 12.2. The lowest BCUT2D eigenvalue weighted by atomic mass is 9.97. The van der Waals surface area contributed by atoms with Gasteiger partial charge in [0.05, 0.1) is 13.2 Å². The van der Waals surface area contributed by atoms with E-state index in [-0.39, 0.29) is 13.2 Å². The maximum atomic E-state index is 10.9. The highest BCUT2D eigenvalue weighted by Crippen LogP contribution is 2.16. The predicted molar refractivity (Wildman–Crippen MR) is 76.2 cm³/mol. The van der Waals surface area contributed by atoms with E-state index >= 15 is 0 Å². The Hall–Kier alpha value is -0.770. The standard InChI is InChI=1S/C15H30O4/c1-3-4-6-9-14(2)10-7-5-8-12-18-15(17)19-13-11-16/h14,16H,3-13H2,1-2H3. The van der Waals surface area contributed by atoms with Gasteiger partial charge in [-0.15, -0.1) is 0 Å². The van der Waals surface area contributed by atoms with Gasteiger partial charge in [0, 0.05) is 0 Å². The summed E-state index contributed by atoms with van der Waals surface area (Å²) in [5, 5.41) is 8.45. The molecule has 0 aliphatic heterocycles. The van der Waals surface area contributed by atoms with Crippen LogP contribution in [0.1, 0.15) is 65.2 Å². The molecule has 0 aromatic rings. The molecule has 0 radical (unpaired) electrons. The van der Waals surface area contributed by atoms with Gasteiger partial charge < -0.3 is 14.6 Å². The third-order valence-corrected chi connectivity index (χ3v) is 3.17. The van der Waals surface area contributed by atoms with Crippen LogP contribution in [0.4, 0.5) is 4.79 Å². The van der Waals surface area contributed by atoms with Crippen LogP contribution in [0.2, 0.25) is 0 Å². The molecule has 19 heavy (non-hydrogen) atoms. The van der Waals surface area contributed by atoms with Crippen molar-refractivity contribution in [1.82, 2.24) is 0 Å². The lowest BCUT2D eigenvalue weighted by Crippen LogP contribution is -2.11. The molecule has 0 aliphatic rings. The molecule has 4 nitrogen and oxygen atoms in total. The first-order chi connectivity index (χ1) is 9.20. The Balaban J connectivity index is 3.23. The van der Waals surface area contributed by atoms with E-state index in [1.807, 2.05) is 0 Å². The molecule has 0 fully saturated rings. The quantitative estimate of drug-likeness (QED) is 0.433. The summed E-state index contributed by atoms with van der Waals surface area (Å²) in [7, 11) is 0. The van der Waals surface area contributed by atoms with Crippen molar-refractivity contribution in [2.75, 3.05) is 19.8 Å². The van der Waals surface area contributed by atoms with Crippen LogP contribution in [0.5, 0.6) is 0 Å². The maximum absolute atomic E-state index is 10.9. The molecular weight excluding hydrogens is 244 g/mol. The molecule has 1 unspecified atom stereocenters. The van der Waals surface area contributed by atoms with E-state index in [4.69, 9.17) is 9.84 Å². The van der Waals surface area contributed by atoms with Gasteiger partial charge in [-0.1, -0.05) is 58.8 Å². The third kappa shape index (κ3) is 13.5. The summed E-state index contributed by atoms with van der Waals surface area (Å²) in [6.45, 7) is 4.81. The molecular formula is C15H30O4. The van der Waals surface area contributed by atoms with Crippen molar-refractivity contribution in [3.05, 3.63) is 0 Å². The Bertz CT molecular complexity index is 206. The number of hydrogen-bond donors (Lipinski definition) is 1. The zero-order valence-corrected chi connectivity index (χ0v) is 12.5. The summed E-state index contributed by atoms with van der Waals surface area (Å²) >= 11 is 0. The van der Waals surface area contributed by atoms with Crippen LogP contribution >= 0.6 is 0 Å². The van der Waals surface area contributed by atoms with E-state index in [9.17, 15) is 4.79 Å². The van der Waals surface area contributed by atoms with Gasteiger partial charge in [-0.05, 0) is 12.3 Å². The van der Waals surface area contributed by atoms with Gasteiger partial charge in [-0.3, -0.25) is 0 Å². The van der Waals surface area contributed by atoms with E-state index < -0.39 is 6.16 Å². The molecule has 0 aromatic heterocycles. The Morgan fingerprint density at radius 3 is 2.26 bits per heavy atom. The van der Waals surface area contributed by atoms with Crippen LogP contribution in [0.15, 0.2) is 0 Å². The molecule has 0 saturated heterocycles. The van der Waals surface area contributed by atoms with E-state index in [2.05, 4.69) is 18.6 Å². The van der Waals surface area contributed by atoms with Crippen LogP contribution < -0.4 is 0 Å². The number of ether oxygens (including phenoxy) is 2. The Kier molecular flexibility index (Phi) is 13.1. The monoisotopic (exact) mass is 274 g/mol. The van der Waals surface area contributed by atoms with E-state index in [1.165, 1.54) is 38.5 Å². The molecule has 0 rings (SSSR count). The van der Waals surface area contributed by atoms with Crippen LogP contribution in [0.25, 0.3) is 0 Å². The van der Waals surface area contributed by atoms with Gasteiger partial charge >= 0.3 is 6.16 Å². The van der Waals surface area contributed by atoms with Crippen LogP contribution in [-0.2, 0) is 9.47 Å². The molecule has 1 atom stereocenters. The fourth-order valence-corrected chi connectivity index (χ4v) is 1.98. The Morgan fingerprint density at radius 2 is 1.63 bits per heavy atom. The van der Waals surface area contributed by atoms with Gasteiger partial charge in [0.1, 0.15) is 6.61 Å². The largest absolute Gasteiger partial charge is 0.508 e. The zero-order valence-electron chi connectivity index (χ0n) is 12.5. The highest BCUT2D eigenvalue weighted by molar-refractivity contribution is 5.59. The van der Waals surface area contributed by atoms with Crippen molar-refractivity contribution in [2.45, 2.75) is 65.2 Å². The smallest absolute Gasteiger partial charge is 0.434 e. The minimum absolute atomic E-state index is 0.00804. The van der Waals surface area contributed by atoms with Crippen molar-refractivity contribution in [2.24, 2.45) is 5.92 Å². The molecule has 0 saturated carbocycles. The SMILES string of the molecule is CCCCCC(C)CCCCCOC(=O)OCCO. The number of unbranched alkanes of at least 4 members (excludes halogenated alkanes) is 4. The lowest BCUT2D eigenvalue weighted by molar-refractivity contribution is 0.0425. The summed E-state index contributed by atoms with van der Waals surface area (Å²) in [5.74, 6) is 0.807. The minimum atomic E-state index is -0.679.